The van der Waals surface area contributed by atoms with Crippen molar-refractivity contribution in [3.63, 3.8) is 0 Å². The molecule has 0 radical (unpaired) electrons. The van der Waals surface area contributed by atoms with Crippen LogP contribution in [0.3, 0.4) is 0 Å². The molecule has 2 aliphatic heterocycles. The van der Waals surface area contributed by atoms with E-state index in [1.54, 1.807) is 6.20 Å². The van der Waals surface area contributed by atoms with E-state index in [2.05, 4.69) is 28.1 Å². The number of nitrogens with zero attached hydrogens (tertiary/aromatic N) is 3. The highest BCUT2D eigenvalue weighted by Crippen LogP contribution is 2.28. The predicted molar refractivity (Wildman–Crippen MR) is 111 cm³/mol. The number of carbonyl (C=O) groups is 1. The summed E-state index contributed by atoms with van der Waals surface area (Å²) in [6.45, 7) is 5.21. The van der Waals surface area contributed by atoms with E-state index in [-0.39, 0.29) is 5.91 Å². The molecular formula is C23H25N3O2. The van der Waals surface area contributed by atoms with Crippen LogP contribution in [0.15, 0.2) is 48.7 Å². The van der Waals surface area contributed by atoms with Gasteiger partial charge < -0.3 is 9.64 Å². The number of ether oxygens (including phenoxy) is 1. The van der Waals surface area contributed by atoms with Crippen molar-refractivity contribution < 1.29 is 9.53 Å². The summed E-state index contributed by atoms with van der Waals surface area (Å²) in [5, 5.41) is 3.27. The van der Waals surface area contributed by atoms with Crippen LogP contribution >= 0.6 is 0 Å². The van der Waals surface area contributed by atoms with Crippen LogP contribution in [0.1, 0.15) is 23.2 Å². The third-order valence-corrected chi connectivity index (χ3v) is 5.99. The molecule has 2 fully saturated rings. The summed E-state index contributed by atoms with van der Waals surface area (Å²) >= 11 is 0. The Morgan fingerprint density at radius 3 is 2.71 bits per heavy atom. The van der Waals surface area contributed by atoms with Crippen molar-refractivity contribution in [3.05, 3.63) is 54.2 Å². The quantitative estimate of drug-likeness (QED) is 0.659. The van der Waals surface area contributed by atoms with Gasteiger partial charge in [-0.1, -0.05) is 30.3 Å². The van der Waals surface area contributed by atoms with Crippen LogP contribution in [-0.4, -0.2) is 66.1 Å². The molecule has 3 aromatic rings. The fourth-order valence-electron chi connectivity index (χ4n) is 4.47. The zero-order valence-corrected chi connectivity index (χ0v) is 16.0. The normalized spacial score (nSPS) is 20.9. The number of carbonyl (C=O) groups excluding carboxylic acids is 1. The molecule has 5 rings (SSSR count). The highest BCUT2D eigenvalue weighted by molar-refractivity contribution is 6.15. The van der Waals surface area contributed by atoms with E-state index in [1.807, 2.05) is 29.2 Å². The molecule has 5 nitrogen and oxygen atoms in total. The van der Waals surface area contributed by atoms with E-state index < -0.39 is 0 Å². The van der Waals surface area contributed by atoms with E-state index in [4.69, 9.17) is 4.74 Å². The molecular weight excluding hydrogens is 350 g/mol. The summed E-state index contributed by atoms with van der Waals surface area (Å²) in [5.74, 6) is 0.0891. The van der Waals surface area contributed by atoms with Gasteiger partial charge in [-0.15, -0.1) is 0 Å². The molecule has 1 amide bonds. The van der Waals surface area contributed by atoms with Gasteiger partial charge in [0.1, 0.15) is 0 Å². The SMILES string of the molecule is O=C(c1cc2ccccc2c2cccnc12)N1CCN(CC2CCCO2)CC1. The topological polar surface area (TPSA) is 45.7 Å². The number of piperazine rings is 1. The summed E-state index contributed by atoms with van der Waals surface area (Å²) < 4.78 is 5.76. The van der Waals surface area contributed by atoms with Gasteiger partial charge in [-0.25, -0.2) is 0 Å². The van der Waals surface area contributed by atoms with Crippen LogP contribution < -0.4 is 0 Å². The first kappa shape index (κ1) is 17.6. The van der Waals surface area contributed by atoms with Crippen LogP contribution in [0.25, 0.3) is 21.7 Å². The van der Waals surface area contributed by atoms with Gasteiger partial charge in [-0.05, 0) is 35.7 Å². The van der Waals surface area contributed by atoms with Gasteiger partial charge in [0.05, 0.1) is 17.2 Å². The van der Waals surface area contributed by atoms with Crippen molar-refractivity contribution in [2.75, 3.05) is 39.3 Å². The second-order valence-electron chi connectivity index (χ2n) is 7.77. The standard InChI is InChI=1S/C23H25N3O2/c27-23(26-12-10-25(11-13-26)16-18-6-4-14-28-18)21-15-17-5-1-2-7-19(17)20-8-3-9-24-22(20)21/h1-3,5,7-9,15,18H,4,6,10-14,16H2. The molecule has 2 aromatic carbocycles. The lowest BCUT2D eigenvalue weighted by molar-refractivity contribution is 0.0433. The van der Waals surface area contributed by atoms with Gasteiger partial charge in [0, 0.05) is 50.9 Å². The average molecular weight is 375 g/mol. The molecule has 0 bridgehead atoms. The summed E-state index contributed by atoms with van der Waals surface area (Å²) in [7, 11) is 0. The summed E-state index contributed by atoms with van der Waals surface area (Å²) in [5.41, 5.74) is 1.51. The summed E-state index contributed by atoms with van der Waals surface area (Å²) in [4.78, 5) is 22.3. The van der Waals surface area contributed by atoms with E-state index in [1.165, 1.54) is 6.42 Å². The minimum atomic E-state index is 0.0891. The summed E-state index contributed by atoms with van der Waals surface area (Å²) in [6.07, 6.45) is 4.47. The number of benzene rings is 2. The summed E-state index contributed by atoms with van der Waals surface area (Å²) in [6, 6.07) is 14.2. The van der Waals surface area contributed by atoms with Gasteiger partial charge >= 0.3 is 0 Å². The van der Waals surface area contributed by atoms with Crippen molar-refractivity contribution in [2.24, 2.45) is 0 Å². The molecule has 1 aromatic heterocycles. The lowest BCUT2D eigenvalue weighted by Crippen LogP contribution is -2.50. The number of hydrogen-bond donors (Lipinski definition) is 0. The van der Waals surface area contributed by atoms with Gasteiger partial charge in [0.25, 0.3) is 5.91 Å². The van der Waals surface area contributed by atoms with Gasteiger partial charge in [0.2, 0.25) is 0 Å². The highest BCUT2D eigenvalue weighted by Gasteiger charge is 2.26. The second-order valence-corrected chi connectivity index (χ2v) is 7.77. The molecule has 5 heteroatoms. The lowest BCUT2D eigenvalue weighted by atomic mass is 10.00. The van der Waals surface area contributed by atoms with E-state index in [0.717, 1.165) is 67.4 Å². The van der Waals surface area contributed by atoms with Gasteiger partial charge in [-0.2, -0.15) is 0 Å². The Hall–Kier alpha value is -2.50. The smallest absolute Gasteiger partial charge is 0.256 e. The maximum Gasteiger partial charge on any atom is 0.256 e. The predicted octanol–water partition coefficient (Wildman–Crippen LogP) is 3.32. The molecule has 1 unspecified atom stereocenters. The van der Waals surface area contributed by atoms with Crippen molar-refractivity contribution in [1.29, 1.82) is 0 Å². The number of aromatic nitrogens is 1. The fraction of sp³-hybridized carbons (Fsp3) is 0.391. The number of fused-ring (bicyclic) bond motifs is 3. The molecule has 3 heterocycles. The molecule has 1 atom stereocenters. The molecule has 2 saturated heterocycles. The van der Waals surface area contributed by atoms with Crippen LogP contribution in [0, 0.1) is 0 Å². The van der Waals surface area contributed by atoms with Crippen LogP contribution in [0.2, 0.25) is 0 Å². The number of amides is 1. The van der Waals surface area contributed by atoms with E-state index in [0.29, 0.717) is 11.7 Å². The Morgan fingerprint density at radius 2 is 1.89 bits per heavy atom. The first-order chi connectivity index (χ1) is 13.8. The Labute approximate surface area is 164 Å². The lowest BCUT2D eigenvalue weighted by Gasteiger charge is -2.35. The third-order valence-electron chi connectivity index (χ3n) is 5.99. The average Bonchev–Trinajstić information content (AvgIpc) is 3.26. The molecule has 144 valence electrons. The second kappa shape index (κ2) is 7.49. The maximum absolute atomic E-state index is 13.4. The molecule has 28 heavy (non-hydrogen) atoms. The minimum absolute atomic E-state index is 0.0891. The highest BCUT2D eigenvalue weighted by atomic mass is 16.5. The Bertz CT molecular complexity index is 1010. The molecule has 0 aliphatic carbocycles. The van der Waals surface area contributed by atoms with Crippen molar-refractivity contribution in [3.8, 4) is 0 Å². The first-order valence-corrected chi connectivity index (χ1v) is 10.2. The Balaban J connectivity index is 1.38. The third kappa shape index (κ3) is 3.25. The number of hydrogen-bond acceptors (Lipinski definition) is 4. The Kier molecular flexibility index (Phi) is 4.71. The molecule has 0 N–H and O–H groups in total. The van der Waals surface area contributed by atoms with Crippen LogP contribution in [0.5, 0.6) is 0 Å². The van der Waals surface area contributed by atoms with Crippen molar-refractivity contribution in [2.45, 2.75) is 18.9 Å². The Morgan fingerprint density at radius 1 is 1.07 bits per heavy atom. The zero-order valence-electron chi connectivity index (χ0n) is 16.0. The minimum Gasteiger partial charge on any atom is -0.377 e. The van der Waals surface area contributed by atoms with Gasteiger partial charge in [-0.3, -0.25) is 14.7 Å². The number of pyridine rings is 1. The number of rotatable bonds is 3. The maximum atomic E-state index is 13.4. The molecule has 2 aliphatic rings. The van der Waals surface area contributed by atoms with E-state index >= 15 is 0 Å². The molecule has 0 spiro atoms. The van der Waals surface area contributed by atoms with Crippen molar-refractivity contribution in [1.82, 2.24) is 14.8 Å². The van der Waals surface area contributed by atoms with Crippen LogP contribution in [-0.2, 0) is 4.74 Å². The molecule has 0 saturated carbocycles. The first-order valence-electron chi connectivity index (χ1n) is 10.2. The van der Waals surface area contributed by atoms with E-state index in [9.17, 15) is 4.79 Å². The largest absolute Gasteiger partial charge is 0.377 e. The zero-order chi connectivity index (χ0) is 18.9. The van der Waals surface area contributed by atoms with Gasteiger partial charge in [0.15, 0.2) is 0 Å². The fourth-order valence-corrected chi connectivity index (χ4v) is 4.47. The van der Waals surface area contributed by atoms with Crippen molar-refractivity contribution >= 4 is 27.6 Å². The monoisotopic (exact) mass is 375 g/mol. The van der Waals surface area contributed by atoms with Crippen LogP contribution in [0.4, 0.5) is 0 Å².